The first-order valence-electron chi connectivity index (χ1n) is 6.73. The third-order valence-corrected chi connectivity index (χ3v) is 3.81. The summed E-state index contributed by atoms with van der Waals surface area (Å²) in [4.78, 5) is 12.4. The van der Waals surface area contributed by atoms with Crippen molar-refractivity contribution >= 4 is 23.2 Å². The van der Waals surface area contributed by atoms with Crippen molar-refractivity contribution in [3.05, 3.63) is 58.6 Å². The number of para-hydroxylation sites is 1. The molecule has 1 aliphatic heterocycles. The van der Waals surface area contributed by atoms with Crippen LogP contribution in [0.25, 0.3) is 0 Å². The van der Waals surface area contributed by atoms with Gasteiger partial charge in [0.15, 0.2) is 0 Å². The number of carbonyl (C=O) groups excluding carboxylic acids is 1. The molecule has 0 spiro atoms. The minimum Gasteiger partial charge on any atom is -0.493 e. The van der Waals surface area contributed by atoms with E-state index in [9.17, 15) is 4.79 Å². The highest BCUT2D eigenvalue weighted by Crippen LogP contribution is 2.32. The van der Waals surface area contributed by atoms with Crippen LogP contribution in [0.15, 0.2) is 42.5 Å². The van der Waals surface area contributed by atoms with Crippen molar-refractivity contribution in [3.8, 4) is 5.75 Å². The van der Waals surface area contributed by atoms with Crippen LogP contribution in [0.5, 0.6) is 5.75 Å². The first-order valence-corrected chi connectivity index (χ1v) is 7.10. The van der Waals surface area contributed by atoms with Crippen molar-refractivity contribution in [2.45, 2.75) is 12.5 Å². The Morgan fingerprint density at radius 3 is 2.90 bits per heavy atom. The van der Waals surface area contributed by atoms with Crippen molar-refractivity contribution in [2.75, 3.05) is 12.3 Å². The molecule has 0 fully saturated rings. The largest absolute Gasteiger partial charge is 0.493 e. The van der Waals surface area contributed by atoms with E-state index in [4.69, 9.17) is 22.1 Å². The predicted octanol–water partition coefficient (Wildman–Crippen LogP) is 3.18. The average molecular weight is 303 g/mol. The highest BCUT2D eigenvalue weighted by molar-refractivity contribution is 6.34. The number of amides is 1. The van der Waals surface area contributed by atoms with Gasteiger partial charge in [-0.25, -0.2) is 0 Å². The normalized spacial score (nSPS) is 16.7. The van der Waals surface area contributed by atoms with Crippen LogP contribution in [0.1, 0.15) is 28.4 Å². The fourth-order valence-corrected chi connectivity index (χ4v) is 2.72. The molecule has 21 heavy (non-hydrogen) atoms. The van der Waals surface area contributed by atoms with Gasteiger partial charge in [0, 0.05) is 17.7 Å². The second-order valence-electron chi connectivity index (χ2n) is 4.94. The van der Waals surface area contributed by atoms with E-state index in [1.165, 1.54) is 0 Å². The van der Waals surface area contributed by atoms with Gasteiger partial charge in [-0.05, 0) is 24.3 Å². The maximum Gasteiger partial charge on any atom is 0.253 e. The lowest BCUT2D eigenvalue weighted by atomic mass is 10.00. The molecular formula is C16H15ClN2O2. The molecule has 0 saturated carbocycles. The first kappa shape index (κ1) is 13.8. The summed E-state index contributed by atoms with van der Waals surface area (Å²) in [5.74, 6) is 0.610. The van der Waals surface area contributed by atoms with E-state index in [-0.39, 0.29) is 11.9 Å². The average Bonchev–Trinajstić information content (AvgIpc) is 2.47. The van der Waals surface area contributed by atoms with Crippen LogP contribution in [0.3, 0.4) is 0 Å². The van der Waals surface area contributed by atoms with E-state index < -0.39 is 0 Å². The summed E-state index contributed by atoms with van der Waals surface area (Å²) in [7, 11) is 0. The number of rotatable bonds is 2. The van der Waals surface area contributed by atoms with Crippen LogP contribution in [-0.2, 0) is 0 Å². The van der Waals surface area contributed by atoms with E-state index in [0.717, 1.165) is 17.7 Å². The maximum atomic E-state index is 12.4. The molecule has 3 N–H and O–H groups in total. The Bertz CT molecular complexity index is 688. The Morgan fingerprint density at radius 2 is 2.10 bits per heavy atom. The zero-order valence-corrected chi connectivity index (χ0v) is 12.1. The molecule has 1 heterocycles. The summed E-state index contributed by atoms with van der Waals surface area (Å²) in [6, 6.07) is 12.5. The number of anilines is 1. The summed E-state index contributed by atoms with van der Waals surface area (Å²) in [6.45, 7) is 0.581. The van der Waals surface area contributed by atoms with Gasteiger partial charge in [-0.1, -0.05) is 29.8 Å². The molecule has 108 valence electrons. The molecule has 1 atom stereocenters. The molecule has 5 heteroatoms. The van der Waals surface area contributed by atoms with E-state index in [1.807, 2.05) is 24.3 Å². The van der Waals surface area contributed by atoms with Crippen molar-refractivity contribution in [1.82, 2.24) is 5.32 Å². The number of nitrogens with one attached hydrogen (secondary N) is 1. The van der Waals surface area contributed by atoms with Gasteiger partial charge < -0.3 is 15.8 Å². The number of halogens is 1. The Labute approximate surface area is 127 Å². The third kappa shape index (κ3) is 2.81. The Morgan fingerprint density at radius 1 is 1.29 bits per heavy atom. The van der Waals surface area contributed by atoms with E-state index in [1.54, 1.807) is 18.2 Å². The lowest BCUT2D eigenvalue weighted by molar-refractivity contribution is 0.0925. The number of hydrogen-bond acceptors (Lipinski definition) is 3. The molecule has 1 amide bonds. The number of hydrogen-bond donors (Lipinski definition) is 2. The van der Waals surface area contributed by atoms with Crippen LogP contribution < -0.4 is 15.8 Å². The zero-order valence-electron chi connectivity index (χ0n) is 11.3. The molecule has 0 bridgehead atoms. The second kappa shape index (κ2) is 5.66. The topological polar surface area (TPSA) is 64.4 Å². The molecule has 2 aromatic rings. The summed E-state index contributed by atoms with van der Waals surface area (Å²) >= 11 is 6.08. The van der Waals surface area contributed by atoms with Gasteiger partial charge >= 0.3 is 0 Å². The SMILES string of the molecule is Nc1ccc(C(=O)NC2CCOc3ccccc32)c(Cl)c1. The van der Waals surface area contributed by atoms with Crippen molar-refractivity contribution in [1.29, 1.82) is 0 Å². The number of fused-ring (bicyclic) bond motifs is 1. The van der Waals surface area contributed by atoms with Gasteiger partial charge in [0.1, 0.15) is 5.75 Å². The lowest BCUT2D eigenvalue weighted by Gasteiger charge is -2.26. The summed E-state index contributed by atoms with van der Waals surface area (Å²) < 4.78 is 5.59. The minimum atomic E-state index is -0.207. The summed E-state index contributed by atoms with van der Waals surface area (Å²) in [5.41, 5.74) is 7.59. The molecule has 3 rings (SSSR count). The number of nitrogen functional groups attached to an aromatic ring is 1. The summed E-state index contributed by atoms with van der Waals surface area (Å²) in [5, 5.41) is 3.36. The first-order chi connectivity index (χ1) is 10.1. The van der Waals surface area contributed by atoms with Crippen LogP contribution in [-0.4, -0.2) is 12.5 Å². The number of nitrogens with two attached hydrogens (primary N) is 1. The van der Waals surface area contributed by atoms with Crippen molar-refractivity contribution in [3.63, 3.8) is 0 Å². The number of ether oxygens (including phenoxy) is 1. The maximum absolute atomic E-state index is 12.4. The fourth-order valence-electron chi connectivity index (χ4n) is 2.44. The van der Waals surface area contributed by atoms with E-state index in [2.05, 4.69) is 5.32 Å². The van der Waals surface area contributed by atoms with Crippen LogP contribution >= 0.6 is 11.6 Å². The van der Waals surface area contributed by atoms with Gasteiger partial charge in [0.2, 0.25) is 0 Å². The smallest absolute Gasteiger partial charge is 0.253 e. The van der Waals surface area contributed by atoms with Crippen molar-refractivity contribution < 1.29 is 9.53 Å². The predicted molar refractivity (Wildman–Crippen MR) is 82.6 cm³/mol. The quantitative estimate of drug-likeness (QED) is 0.837. The lowest BCUT2D eigenvalue weighted by Crippen LogP contribution is -2.32. The van der Waals surface area contributed by atoms with Gasteiger partial charge in [-0.3, -0.25) is 4.79 Å². The molecule has 0 aromatic heterocycles. The summed E-state index contributed by atoms with van der Waals surface area (Å²) in [6.07, 6.45) is 0.731. The molecular weight excluding hydrogens is 288 g/mol. The van der Waals surface area contributed by atoms with Crippen LogP contribution in [0.4, 0.5) is 5.69 Å². The van der Waals surface area contributed by atoms with Gasteiger partial charge in [0.05, 0.1) is 23.2 Å². The van der Waals surface area contributed by atoms with Crippen LogP contribution in [0, 0.1) is 0 Å². The van der Waals surface area contributed by atoms with Crippen molar-refractivity contribution in [2.24, 2.45) is 0 Å². The molecule has 4 nitrogen and oxygen atoms in total. The minimum absolute atomic E-state index is 0.0731. The van der Waals surface area contributed by atoms with Gasteiger partial charge in [-0.15, -0.1) is 0 Å². The molecule has 0 saturated heterocycles. The number of carbonyl (C=O) groups is 1. The zero-order chi connectivity index (χ0) is 14.8. The molecule has 0 radical (unpaired) electrons. The monoisotopic (exact) mass is 302 g/mol. The van der Waals surface area contributed by atoms with Gasteiger partial charge in [0.25, 0.3) is 5.91 Å². The molecule has 2 aromatic carbocycles. The molecule has 1 unspecified atom stereocenters. The Kier molecular flexibility index (Phi) is 3.71. The standard InChI is InChI=1S/C16H15ClN2O2/c17-13-9-10(18)5-6-11(13)16(20)19-14-7-8-21-15-4-2-1-3-12(14)15/h1-6,9,14H,7-8,18H2,(H,19,20). The third-order valence-electron chi connectivity index (χ3n) is 3.50. The van der Waals surface area contributed by atoms with Gasteiger partial charge in [-0.2, -0.15) is 0 Å². The van der Waals surface area contributed by atoms with Crippen LogP contribution in [0.2, 0.25) is 5.02 Å². The molecule has 1 aliphatic rings. The number of benzene rings is 2. The Balaban J connectivity index is 1.83. The molecule has 0 aliphatic carbocycles. The van der Waals surface area contributed by atoms with E-state index in [0.29, 0.717) is 22.9 Å². The second-order valence-corrected chi connectivity index (χ2v) is 5.35. The van der Waals surface area contributed by atoms with E-state index >= 15 is 0 Å². The Hall–Kier alpha value is -2.20. The highest BCUT2D eigenvalue weighted by atomic mass is 35.5. The fraction of sp³-hybridized carbons (Fsp3) is 0.188. The highest BCUT2D eigenvalue weighted by Gasteiger charge is 2.23.